The third-order valence-corrected chi connectivity index (χ3v) is 5.94. The Labute approximate surface area is 121 Å². The highest BCUT2D eigenvalue weighted by Crippen LogP contribution is 2.35. The molecule has 0 aliphatic carbocycles. The Hall–Kier alpha value is -0.850. The minimum absolute atomic E-state index is 0.152. The number of nitrogens with zero attached hydrogens (tertiary/aromatic N) is 1. The second-order valence-electron chi connectivity index (χ2n) is 6.61. The zero-order chi connectivity index (χ0) is 15.0. The van der Waals surface area contributed by atoms with E-state index in [2.05, 4.69) is 31.1 Å². The number of rotatable bonds is 4. The summed E-state index contributed by atoms with van der Waals surface area (Å²) < 4.78 is 26.8. The molecule has 1 saturated heterocycles. The largest absolute Gasteiger partial charge is 0.363 e. The van der Waals surface area contributed by atoms with Gasteiger partial charge in [-0.05, 0) is 30.9 Å². The van der Waals surface area contributed by atoms with Crippen LogP contribution in [0, 0.1) is 11.3 Å². The first-order valence-corrected chi connectivity index (χ1v) is 8.51. The highest BCUT2D eigenvalue weighted by atomic mass is 32.2. The molecule has 2 heterocycles. The van der Waals surface area contributed by atoms with Gasteiger partial charge in [0.1, 0.15) is 0 Å². The highest BCUT2D eigenvalue weighted by Gasteiger charge is 2.37. The number of hydrogen-bond donors (Lipinski definition) is 2. The Morgan fingerprint density at radius 3 is 2.70 bits per heavy atom. The van der Waals surface area contributed by atoms with E-state index in [0.29, 0.717) is 30.4 Å². The average Bonchev–Trinajstić information content (AvgIpc) is 2.97. The van der Waals surface area contributed by atoms with Gasteiger partial charge >= 0.3 is 0 Å². The van der Waals surface area contributed by atoms with Crippen molar-refractivity contribution < 1.29 is 8.42 Å². The van der Waals surface area contributed by atoms with Crippen LogP contribution in [0.2, 0.25) is 0 Å². The van der Waals surface area contributed by atoms with Crippen molar-refractivity contribution >= 4 is 10.0 Å². The molecule has 1 fully saturated rings. The first-order valence-electron chi connectivity index (χ1n) is 7.07. The van der Waals surface area contributed by atoms with Gasteiger partial charge in [0.2, 0.25) is 10.0 Å². The third-order valence-electron chi connectivity index (χ3n) is 4.10. The van der Waals surface area contributed by atoms with Gasteiger partial charge in [0.25, 0.3) is 0 Å². The molecule has 0 radical (unpaired) electrons. The number of sulfonamides is 1. The first kappa shape index (κ1) is 15.5. The Balaban J connectivity index is 2.15. The fourth-order valence-corrected chi connectivity index (χ4v) is 4.18. The van der Waals surface area contributed by atoms with Crippen LogP contribution in [-0.4, -0.2) is 37.8 Å². The molecule has 0 aromatic carbocycles. The highest BCUT2D eigenvalue weighted by molar-refractivity contribution is 7.89. The molecule has 6 heteroatoms. The lowest BCUT2D eigenvalue weighted by atomic mass is 9.80. The van der Waals surface area contributed by atoms with Gasteiger partial charge in [-0.3, -0.25) is 0 Å². The smallest absolute Gasteiger partial charge is 0.244 e. The van der Waals surface area contributed by atoms with Crippen molar-refractivity contribution in [2.75, 3.05) is 20.1 Å². The zero-order valence-corrected chi connectivity index (χ0v) is 13.5. The fraction of sp³-hybridized carbons (Fsp3) is 0.714. The van der Waals surface area contributed by atoms with Crippen LogP contribution in [0.3, 0.4) is 0 Å². The van der Waals surface area contributed by atoms with Gasteiger partial charge in [-0.1, -0.05) is 20.8 Å². The summed E-state index contributed by atoms with van der Waals surface area (Å²) in [7, 11) is -1.52. The summed E-state index contributed by atoms with van der Waals surface area (Å²) >= 11 is 0. The summed E-state index contributed by atoms with van der Waals surface area (Å²) in [6.45, 7) is 8.41. The lowest BCUT2D eigenvalue weighted by Crippen LogP contribution is -2.31. The van der Waals surface area contributed by atoms with E-state index in [1.54, 1.807) is 16.6 Å². The maximum atomic E-state index is 12.6. The number of aromatic nitrogens is 1. The van der Waals surface area contributed by atoms with Gasteiger partial charge < -0.3 is 10.3 Å². The van der Waals surface area contributed by atoms with E-state index >= 15 is 0 Å². The number of H-pyrrole nitrogens is 1. The second kappa shape index (κ2) is 5.50. The van der Waals surface area contributed by atoms with Crippen molar-refractivity contribution in [3.63, 3.8) is 0 Å². The second-order valence-corrected chi connectivity index (χ2v) is 8.54. The molecule has 20 heavy (non-hydrogen) atoms. The monoisotopic (exact) mass is 299 g/mol. The van der Waals surface area contributed by atoms with Crippen LogP contribution in [0.4, 0.5) is 0 Å². The van der Waals surface area contributed by atoms with Gasteiger partial charge in [-0.15, -0.1) is 0 Å². The minimum atomic E-state index is -3.36. The van der Waals surface area contributed by atoms with Crippen LogP contribution >= 0.6 is 0 Å². The fourth-order valence-electron chi connectivity index (χ4n) is 2.66. The van der Waals surface area contributed by atoms with Crippen LogP contribution in [0.15, 0.2) is 17.2 Å². The average molecular weight is 299 g/mol. The number of hydrogen-bond acceptors (Lipinski definition) is 3. The Kier molecular flexibility index (Phi) is 4.27. The summed E-state index contributed by atoms with van der Waals surface area (Å²) in [6.07, 6.45) is 2.53. The van der Waals surface area contributed by atoms with E-state index in [-0.39, 0.29) is 5.41 Å². The van der Waals surface area contributed by atoms with Gasteiger partial charge in [0.05, 0.1) is 4.90 Å². The zero-order valence-electron chi connectivity index (χ0n) is 12.7. The van der Waals surface area contributed by atoms with Crippen LogP contribution in [0.5, 0.6) is 0 Å². The molecule has 0 bridgehead atoms. The number of aromatic amines is 1. The van der Waals surface area contributed by atoms with E-state index in [1.807, 2.05) is 7.05 Å². The molecule has 1 aliphatic rings. The summed E-state index contributed by atoms with van der Waals surface area (Å²) in [6, 6.07) is 1.72. The molecule has 2 rings (SSSR count). The molecule has 1 aromatic rings. The maximum Gasteiger partial charge on any atom is 0.244 e. The van der Waals surface area contributed by atoms with Crippen molar-refractivity contribution in [1.29, 1.82) is 0 Å². The molecule has 0 amide bonds. The molecule has 1 aromatic heterocycles. The molecule has 0 saturated carbocycles. The molecular weight excluding hydrogens is 274 g/mol. The Morgan fingerprint density at radius 1 is 1.45 bits per heavy atom. The summed E-state index contributed by atoms with van der Waals surface area (Å²) in [5.41, 5.74) is 1.04. The van der Waals surface area contributed by atoms with E-state index < -0.39 is 10.0 Å². The van der Waals surface area contributed by atoms with Gasteiger partial charge in [-0.2, -0.15) is 4.31 Å². The molecule has 114 valence electrons. The Morgan fingerprint density at radius 2 is 2.15 bits per heavy atom. The molecular formula is C14H25N3O2S. The Bertz CT molecular complexity index is 557. The van der Waals surface area contributed by atoms with Gasteiger partial charge in [0.15, 0.2) is 0 Å². The molecule has 5 nitrogen and oxygen atoms in total. The molecule has 1 unspecified atom stereocenters. The van der Waals surface area contributed by atoms with Crippen molar-refractivity contribution in [3.05, 3.63) is 18.0 Å². The lowest BCUT2D eigenvalue weighted by Gasteiger charge is -2.26. The molecule has 1 aliphatic heterocycles. The predicted molar refractivity (Wildman–Crippen MR) is 79.9 cm³/mol. The van der Waals surface area contributed by atoms with E-state index in [4.69, 9.17) is 0 Å². The van der Waals surface area contributed by atoms with Crippen LogP contribution in [0.1, 0.15) is 32.9 Å². The van der Waals surface area contributed by atoms with E-state index in [9.17, 15) is 8.42 Å². The van der Waals surface area contributed by atoms with Gasteiger partial charge in [-0.25, -0.2) is 8.42 Å². The van der Waals surface area contributed by atoms with Crippen molar-refractivity contribution in [2.45, 2.75) is 38.6 Å². The molecule has 0 spiro atoms. The number of nitrogens with one attached hydrogen (secondary N) is 2. The predicted octanol–water partition coefficient (Wildman–Crippen LogP) is 1.79. The summed E-state index contributed by atoms with van der Waals surface area (Å²) in [5, 5.41) is 3.01. The third kappa shape index (κ3) is 3.07. The molecule has 2 N–H and O–H groups in total. The van der Waals surface area contributed by atoms with Crippen LogP contribution < -0.4 is 5.32 Å². The van der Waals surface area contributed by atoms with Crippen molar-refractivity contribution in [2.24, 2.45) is 11.3 Å². The quantitative estimate of drug-likeness (QED) is 0.891. The van der Waals surface area contributed by atoms with Crippen LogP contribution in [-0.2, 0) is 16.6 Å². The van der Waals surface area contributed by atoms with Crippen molar-refractivity contribution in [1.82, 2.24) is 14.6 Å². The first-order chi connectivity index (χ1) is 9.25. The van der Waals surface area contributed by atoms with Crippen molar-refractivity contribution in [3.8, 4) is 0 Å². The minimum Gasteiger partial charge on any atom is -0.363 e. The van der Waals surface area contributed by atoms with Gasteiger partial charge in [0, 0.05) is 31.5 Å². The van der Waals surface area contributed by atoms with E-state index in [1.165, 1.54) is 0 Å². The maximum absolute atomic E-state index is 12.6. The lowest BCUT2D eigenvalue weighted by molar-refractivity contribution is 0.252. The van der Waals surface area contributed by atoms with E-state index in [0.717, 1.165) is 12.1 Å². The standard InChI is InChI=1S/C14H25N3O2S/c1-14(2,3)11-5-6-17(10-11)20(18,19)13-7-12(8-15-4)16-9-13/h7,9,11,15-16H,5-6,8,10H2,1-4H3. The SMILES string of the molecule is CNCc1cc(S(=O)(=O)N2CCC(C(C)(C)C)C2)c[nH]1. The summed E-state index contributed by atoms with van der Waals surface area (Å²) in [4.78, 5) is 3.38. The summed E-state index contributed by atoms with van der Waals surface area (Å²) in [5.74, 6) is 0.424. The topological polar surface area (TPSA) is 65.2 Å². The normalized spacial score (nSPS) is 21.5. The van der Waals surface area contributed by atoms with Crippen LogP contribution in [0.25, 0.3) is 0 Å². The molecule has 1 atom stereocenters.